The summed E-state index contributed by atoms with van der Waals surface area (Å²) in [5.74, 6) is 0.646. The average Bonchev–Trinajstić information content (AvgIpc) is 2.88. The van der Waals surface area contributed by atoms with E-state index in [2.05, 4.69) is 10.3 Å². The standard InChI is InChI=1S/C15H23N3O4S/c1-3-18(13-5-9-23(20,21)11-13)15(19)12-4-6-16-14(10-12)17-7-8-22-2/h4,6,10,13H,3,5,7-9,11H2,1-2H3,(H,16,17). The molecule has 0 aromatic carbocycles. The minimum absolute atomic E-state index is 0.0522. The van der Waals surface area contributed by atoms with Crippen molar-refractivity contribution in [2.24, 2.45) is 0 Å². The molecule has 23 heavy (non-hydrogen) atoms. The topological polar surface area (TPSA) is 88.6 Å². The number of methoxy groups -OCH3 is 1. The van der Waals surface area contributed by atoms with Crippen LogP contribution >= 0.6 is 0 Å². The summed E-state index contributed by atoms with van der Waals surface area (Å²) in [5.41, 5.74) is 0.506. The summed E-state index contributed by atoms with van der Waals surface area (Å²) in [4.78, 5) is 18.5. The molecule has 7 nitrogen and oxygen atoms in total. The lowest BCUT2D eigenvalue weighted by Gasteiger charge is -2.27. The molecule has 0 bridgehead atoms. The first-order valence-electron chi connectivity index (χ1n) is 7.67. The van der Waals surface area contributed by atoms with Crippen LogP contribution in [-0.4, -0.2) is 68.6 Å². The Hall–Kier alpha value is -1.67. The number of aromatic nitrogens is 1. The molecule has 128 valence electrons. The number of carbonyl (C=O) groups excluding carboxylic acids is 1. The lowest BCUT2D eigenvalue weighted by atomic mass is 10.1. The van der Waals surface area contributed by atoms with E-state index in [1.54, 1.807) is 30.3 Å². The summed E-state index contributed by atoms with van der Waals surface area (Å²) in [6, 6.07) is 3.09. The lowest BCUT2D eigenvalue weighted by Crippen LogP contribution is -2.41. The highest BCUT2D eigenvalue weighted by molar-refractivity contribution is 7.91. The van der Waals surface area contributed by atoms with Crippen molar-refractivity contribution in [2.45, 2.75) is 19.4 Å². The number of hydrogen-bond donors (Lipinski definition) is 1. The summed E-state index contributed by atoms with van der Waals surface area (Å²) in [5, 5.41) is 3.08. The third kappa shape index (κ3) is 4.65. The Morgan fingerprint density at radius 3 is 2.91 bits per heavy atom. The van der Waals surface area contributed by atoms with E-state index < -0.39 is 9.84 Å². The Morgan fingerprint density at radius 2 is 2.30 bits per heavy atom. The van der Waals surface area contributed by atoms with Gasteiger partial charge in [0.05, 0.1) is 18.1 Å². The molecule has 1 aromatic heterocycles. The molecule has 0 radical (unpaired) electrons. The second-order valence-electron chi connectivity index (χ2n) is 5.50. The molecular formula is C15H23N3O4S. The Morgan fingerprint density at radius 1 is 1.52 bits per heavy atom. The molecule has 0 aliphatic carbocycles. The predicted molar refractivity (Wildman–Crippen MR) is 88.4 cm³/mol. The zero-order valence-corrected chi connectivity index (χ0v) is 14.3. The van der Waals surface area contributed by atoms with Crippen LogP contribution in [0.25, 0.3) is 0 Å². The average molecular weight is 341 g/mol. The van der Waals surface area contributed by atoms with Crippen molar-refractivity contribution in [1.29, 1.82) is 0 Å². The highest BCUT2D eigenvalue weighted by Gasteiger charge is 2.34. The molecule has 1 aliphatic heterocycles. The fourth-order valence-electron chi connectivity index (χ4n) is 2.70. The van der Waals surface area contributed by atoms with Gasteiger partial charge in [0.1, 0.15) is 5.82 Å². The molecule has 8 heteroatoms. The molecule has 1 fully saturated rings. The second kappa shape index (κ2) is 7.74. The molecular weight excluding hydrogens is 318 g/mol. The third-order valence-electron chi connectivity index (χ3n) is 3.87. The Kier molecular flexibility index (Phi) is 5.95. The van der Waals surface area contributed by atoms with Crippen LogP contribution in [0.4, 0.5) is 5.82 Å². The fourth-order valence-corrected chi connectivity index (χ4v) is 4.43. The molecule has 1 aromatic rings. The molecule has 1 unspecified atom stereocenters. The summed E-state index contributed by atoms with van der Waals surface area (Å²) in [7, 11) is -1.41. The summed E-state index contributed by atoms with van der Waals surface area (Å²) >= 11 is 0. The van der Waals surface area contributed by atoms with Crippen molar-refractivity contribution in [2.75, 3.05) is 43.6 Å². The molecule has 0 spiro atoms. The molecule has 1 amide bonds. The van der Waals surface area contributed by atoms with Crippen molar-refractivity contribution in [3.8, 4) is 0 Å². The zero-order valence-electron chi connectivity index (χ0n) is 13.5. The highest BCUT2D eigenvalue weighted by Crippen LogP contribution is 2.20. The van der Waals surface area contributed by atoms with Crippen LogP contribution in [-0.2, 0) is 14.6 Å². The fraction of sp³-hybridized carbons (Fsp3) is 0.600. The van der Waals surface area contributed by atoms with Crippen LogP contribution in [0.3, 0.4) is 0 Å². The number of pyridine rings is 1. The maximum Gasteiger partial charge on any atom is 0.254 e. The van der Waals surface area contributed by atoms with Gasteiger partial charge in [0.2, 0.25) is 0 Å². The van der Waals surface area contributed by atoms with Crippen LogP contribution in [0.15, 0.2) is 18.3 Å². The van der Waals surface area contributed by atoms with Crippen LogP contribution < -0.4 is 5.32 Å². The zero-order chi connectivity index (χ0) is 16.9. The molecule has 0 saturated carbocycles. The van der Waals surface area contributed by atoms with Crippen LogP contribution in [0.1, 0.15) is 23.7 Å². The summed E-state index contributed by atoms with van der Waals surface area (Å²) < 4.78 is 28.3. The lowest BCUT2D eigenvalue weighted by molar-refractivity contribution is 0.0708. The van der Waals surface area contributed by atoms with Gasteiger partial charge < -0.3 is 15.0 Å². The van der Waals surface area contributed by atoms with E-state index in [1.165, 1.54) is 0 Å². The van der Waals surface area contributed by atoms with E-state index >= 15 is 0 Å². The van der Waals surface area contributed by atoms with E-state index in [-0.39, 0.29) is 23.5 Å². The summed E-state index contributed by atoms with van der Waals surface area (Å²) in [6.45, 7) is 3.48. The summed E-state index contributed by atoms with van der Waals surface area (Å²) in [6.07, 6.45) is 2.08. The van der Waals surface area contributed by atoms with Crippen molar-refractivity contribution in [1.82, 2.24) is 9.88 Å². The number of anilines is 1. The van der Waals surface area contributed by atoms with Crippen LogP contribution in [0, 0.1) is 0 Å². The maximum atomic E-state index is 12.7. The van der Waals surface area contributed by atoms with Crippen molar-refractivity contribution in [3.63, 3.8) is 0 Å². The van der Waals surface area contributed by atoms with Gasteiger partial charge in [0.15, 0.2) is 9.84 Å². The van der Waals surface area contributed by atoms with Gasteiger partial charge in [-0.15, -0.1) is 0 Å². The Labute approximate surface area is 137 Å². The van der Waals surface area contributed by atoms with Gasteiger partial charge in [-0.1, -0.05) is 0 Å². The first-order chi connectivity index (χ1) is 11.0. The molecule has 1 aliphatic rings. The first kappa shape index (κ1) is 17.7. The maximum absolute atomic E-state index is 12.7. The largest absolute Gasteiger partial charge is 0.383 e. The van der Waals surface area contributed by atoms with Gasteiger partial charge in [0, 0.05) is 38.0 Å². The second-order valence-corrected chi connectivity index (χ2v) is 7.73. The van der Waals surface area contributed by atoms with Gasteiger partial charge in [0.25, 0.3) is 5.91 Å². The van der Waals surface area contributed by atoms with Crippen molar-refractivity contribution in [3.05, 3.63) is 23.9 Å². The van der Waals surface area contributed by atoms with E-state index in [1.807, 2.05) is 6.92 Å². The third-order valence-corrected chi connectivity index (χ3v) is 5.62. The van der Waals surface area contributed by atoms with Gasteiger partial charge >= 0.3 is 0 Å². The minimum Gasteiger partial charge on any atom is -0.383 e. The van der Waals surface area contributed by atoms with Gasteiger partial charge in [-0.05, 0) is 25.5 Å². The van der Waals surface area contributed by atoms with E-state index in [0.717, 1.165) is 0 Å². The van der Waals surface area contributed by atoms with Gasteiger partial charge in [-0.3, -0.25) is 4.79 Å². The predicted octanol–water partition coefficient (Wildman–Crippen LogP) is 0.789. The number of rotatable bonds is 7. The minimum atomic E-state index is -3.02. The molecule has 1 N–H and O–H groups in total. The van der Waals surface area contributed by atoms with Gasteiger partial charge in [-0.25, -0.2) is 13.4 Å². The van der Waals surface area contributed by atoms with Crippen molar-refractivity contribution < 1.29 is 17.9 Å². The number of hydrogen-bond acceptors (Lipinski definition) is 6. The number of ether oxygens (including phenoxy) is 1. The first-order valence-corrected chi connectivity index (χ1v) is 9.49. The van der Waals surface area contributed by atoms with Crippen LogP contribution in [0.2, 0.25) is 0 Å². The molecule has 1 saturated heterocycles. The normalized spacial score (nSPS) is 19.5. The SMILES string of the molecule is CCN(C(=O)c1ccnc(NCCOC)c1)C1CCS(=O)(=O)C1. The van der Waals surface area contributed by atoms with E-state index in [4.69, 9.17) is 4.74 Å². The number of nitrogens with zero attached hydrogens (tertiary/aromatic N) is 2. The molecule has 1 atom stereocenters. The van der Waals surface area contributed by atoms with Crippen molar-refractivity contribution >= 4 is 21.6 Å². The quantitative estimate of drug-likeness (QED) is 0.738. The van der Waals surface area contributed by atoms with Crippen LogP contribution in [0.5, 0.6) is 0 Å². The smallest absolute Gasteiger partial charge is 0.254 e. The van der Waals surface area contributed by atoms with E-state index in [9.17, 15) is 13.2 Å². The Bertz CT molecular complexity index is 648. The number of sulfone groups is 1. The molecule has 2 heterocycles. The Balaban J connectivity index is 2.10. The number of amides is 1. The monoisotopic (exact) mass is 341 g/mol. The number of nitrogens with one attached hydrogen (secondary N) is 1. The molecule has 2 rings (SSSR count). The highest BCUT2D eigenvalue weighted by atomic mass is 32.2. The van der Waals surface area contributed by atoms with E-state index in [0.29, 0.717) is 37.5 Å². The van der Waals surface area contributed by atoms with Gasteiger partial charge in [-0.2, -0.15) is 0 Å². The number of carbonyl (C=O) groups is 1.